The van der Waals surface area contributed by atoms with Crippen LogP contribution < -0.4 is 0 Å². The van der Waals surface area contributed by atoms with Crippen molar-refractivity contribution in [3.05, 3.63) is 0 Å². The molecule has 1 aliphatic heterocycles. The Labute approximate surface area is 132 Å². The van der Waals surface area contributed by atoms with E-state index < -0.39 is 0 Å². The fourth-order valence-electron chi connectivity index (χ4n) is 6.11. The van der Waals surface area contributed by atoms with Gasteiger partial charge in [-0.1, -0.05) is 32.1 Å². The molecule has 0 spiro atoms. The van der Waals surface area contributed by atoms with Gasteiger partial charge in [0.1, 0.15) is 0 Å². The first-order chi connectivity index (χ1) is 10.2. The number of hydrogen-bond donors (Lipinski definition) is 1. The second kappa shape index (κ2) is 5.29. The van der Waals surface area contributed by atoms with Crippen LogP contribution in [0.4, 0.5) is 0 Å². The molecule has 0 radical (unpaired) electrons. The van der Waals surface area contributed by atoms with Gasteiger partial charge in [-0.3, -0.25) is 9.59 Å². The molecule has 0 aromatic rings. The molecule has 1 heterocycles. The lowest BCUT2D eigenvalue weighted by atomic mass is 9.52. The summed E-state index contributed by atoms with van der Waals surface area (Å²) < 4.78 is 1.09. The number of imide groups is 1. The lowest BCUT2D eigenvalue weighted by Crippen LogP contribution is -2.53. The summed E-state index contributed by atoms with van der Waals surface area (Å²) in [6.45, 7) is 0. The predicted molar refractivity (Wildman–Crippen MR) is 83.3 cm³/mol. The normalized spacial score (nSPS) is 46.6. The smallest absolute Gasteiger partial charge is 0.242 e. The summed E-state index contributed by atoms with van der Waals surface area (Å²) in [5, 5.41) is 0. The van der Waals surface area contributed by atoms with Crippen LogP contribution in [0.25, 0.3) is 0 Å². The first-order valence-corrected chi connectivity index (χ1v) is 9.12. The molecule has 1 saturated heterocycles. The number of hydrogen-bond acceptors (Lipinski definition) is 3. The number of thiol groups is 1. The third kappa shape index (κ3) is 2.16. The molecule has 3 aliphatic carbocycles. The van der Waals surface area contributed by atoms with Gasteiger partial charge < -0.3 is 0 Å². The second-order valence-corrected chi connectivity index (χ2v) is 8.11. The summed E-state index contributed by atoms with van der Waals surface area (Å²) in [6, 6.07) is 0. The Hall–Kier alpha value is -0.510. The van der Waals surface area contributed by atoms with Crippen LogP contribution in [0.15, 0.2) is 0 Å². The van der Waals surface area contributed by atoms with Crippen LogP contribution in [0, 0.1) is 35.5 Å². The monoisotopic (exact) mass is 307 g/mol. The highest BCUT2D eigenvalue weighted by atomic mass is 32.1. The highest BCUT2D eigenvalue weighted by Gasteiger charge is 2.52. The van der Waals surface area contributed by atoms with Crippen molar-refractivity contribution in [2.24, 2.45) is 35.5 Å². The third-order valence-electron chi connectivity index (χ3n) is 6.99. The van der Waals surface area contributed by atoms with Crippen LogP contribution in [0.1, 0.15) is 57.8 Å². The Bertz CT molecular complexity index is 466. The number of amides is 2. The van der Waals surface area contributed by atoms with Crippen molar-refractivity contribution in [2.75, 3.05) is 0 Å². The van der Waals surface area contributed by atoms with Crippen molar-refractivity contribution in [1.29, 1.82) is 0 Å². The van der Waals surface area contributed by atoms with Crippen molar-refractivity contribution in [1.82, 2.24) is 4.31 Å². The van der Waals surface area contributed by atoms with Crippen LogP contribution in [-0.2, 0) is 9.59 Å². The first kappa shape index (κ1) is 14.1. The van der Waals surface area contributed by atoms with Crippen LogP contribution >= 0.6 is 12.8 Å². The summed E-state index contributed by atoms with van der Waals surface area (Å²) in [5.41, 5.74) is 0. The fourth-order valence-corrected chi connectivity index (χ4v) is 6.34. The Morgan fingerprint density at radius 3 is 2.38 bits per heavy atom. The molecule has 0 aromatic heterocycles. The van der Waals surface area contributed by atoms with E-state index >= 15 is 0 Å². The Kier molecular flexibility index (Phi) is 3.55. The standard InChI is InChI=1S/C17H25NO2S/c19-16-9-15-13-6-5-10-3-1-2-4-11(10)12(13)7-8-14(15)17(20)18(16)21/h10-15,21H,1-9H2. The van der Waals surface area contributed by atoms with E-state index in [0.717, 1.165) is 28.5 Å². The molecular formula is C17H25NO2S. The van der Waals surface area contributed by atoms with E-state index in [1.165, 1.54) is 44.9 Å². The van der Waals surface area contributed by atoms with E-state index in [1.807, 2.05) is 0 Å². The van der Waals surface area contributed by atoms with E-state index in [9.17, 15) is 9.59 Å². The molecule has 4 aliphatic rings. The van der Waals surface area contributed by atoms with Crippen LogP contribution in [0.2, 0.25) is 0 Å². The molecular weight excluding hydrogens is 282 g/mol. The van der Waals surface area contributed by atoms with Gasteiger partial charge in [0.2, 0.25) is 11.8 Å². The molecule has 3 nitrogen and oxygen atoms in total. The maximum atomic E-state index is 12.4. The van der Waals surface area contributed by atoms with Gasteiger partial charge in [-0.2, -0.15) is 0 Å². The fraction of sp³-hybridized carbons (Fsp3) is 0.882. The third-order valence-corrected chi connectivity index (χ3v) is 7.41. The molecule has 4 heteroatoms. The van der Waals surface area contributed by atoms with E-state index in [4.69, 9.17) is 0 Å². The van der Waals surface area contributed by atoms with E-state index in [-0.39, 0.29) is 17.7 Å². The second-order valence-electron chi connectivity index (χ2n) is 7.71. The predicted octanol–water partition coefficient (Wildman–Crippen LogP) is 3.45. The molecule has 21 heavy (non-hydrogen) atoms. The van der Waals surface area contributed by atoms with Crippen molar-refractivity contribution in [3.8, 4) is 0 Å². The number of carbonyl (C=O) groups is 2. The Morgan fingerprint density at radius 1 is 0.810 bits per heavy atom. The highest BCUT2D eigenvalue weighted by Crippen LogP contribution is 2.56. The molecule has 0 bridgehead atoms. The number of carbonyl (C=O) groups excluding carboxylic acids is 2. The van der Waals surface area contributed by atoms with Crippen molar-refractivity contribution in [3.63, 3.8) is 0 Å². The summed E-state index contributed by atoms with van der Waals surface area (Å²) >= 11 is 4.10. The van der Waals surface area contributed by atoms with Crippen molar-refractivity contribution in [2.45, 2.75) is 57.8 Å². The van der Waals surface area contributed by atoms with Gasteiger partial charge in [0.25, 0.3) is 0 Å². The summed E-state index contributed by atoms with van der Waals surface area (Å²) in [6.07, 6.45) is 10.9. The zero-order valence-corrected chi connectivity index (χ0v) is 13.4. The lowest BCUT2D eigenvalue weighted by molar-refractivity contribution is -0.154. The highest BCUT2D eigenvalue weighted by molar-refractivity contribution is 7.79. The summed E-state index contributed by atoms with van der Waals surface area (Å²) in [4.78, 5) is 24.4. The van der Waals surface area contributed by atoms with Gasteiger partial charge in [0, 0.05) is 12.3 Å². The Balaban J connectivity index is 1.58. The first-order valence-electron chi connectivity index (χ1n) is 8.72. The van der Waals surface area contributed by atoms with Crippen molar-refractivity contribution < 1.29 is 9.59 Å². The summed E-state index contributed by atoms with van der Waals surface area (Å²) in [5.74, 6) is 3.53. The van der Waals surface area contributed by atoms with Crippen LogP contribution in [0.5, 0.6) is 0 Å². The molecule has 116 valence electrons. The van der Waals surface area contributed by atoms with E-state index in [2.05, 4.69) is 12.8 Å². The average molecular weight is 307 g/mol. The van der Waals surface area contributed by atoms with Gasteiger partial charge in [-0.05, 0) is 61.7 Å². The van der Waals surface area contributed by atoms with Crippen molar-refractivity contribution >= 4 is 24.6 Å². The SMILES string of the molecule is O=C1CC2C(CCC3C4CCCCC4CCC23)C(=O)N1S. The molecule has 4 fully saturated rings. The number of piperidine rings is 1. The van der Waals surface area contributed by atoms with E-state index in [0.29, 0.717) is 18.3 Å². The molecule has 6 atom stereocenters. The molecule has 3 saturated carbocycles. The summed E-state index contributed by atoms with van der Waals surface area (Å²) in [7, 11) is 0. The van der Waals surface area contributed by atoms with Crippen LogP contribution in [-0.4, -0.2) is 16.1 Å². The molecule has 6 unspecified atom stereocenters. The number of fused-ring (bicyclic) bond motifs is 5. The minimum atomic E-state index is -0.0731. The minimum absolute atomic E-state index is 0.0243. The quantitative estimate of drug-likeness (QED) is 0.550. The van der Waals surface area contributed by atoms with Crippen LogP contribution in [0.3, 0.4) is 0 Å². The van der Waals surface area contributed by atoms with Gasteiger partial charge in [-0.15, -0.1) is 0 Å². The Morgan fingerprint density at radius 2 is 1.52 bits per heavy atom. The minimum Gasteiger partial charge on any atom is -0.273 e. The average Bonchev–Trinajstić information content (AvgIpc) is 2.52. The number of nitrogens with zero attached hydrogens (tertiary/aromatic N) is 1. The zero-order valence-electron chi connectivity index (χ0n) is 12.5. The maximum Gasteiger partial charge on any atom is 0.242 e. The largest absolute Gasteiger partial charge is 0.273 e. The molecule has 0 aromatic carbocycles. The van der Waals surface area contributed by atoms with Gasteiger partial charge in [0.15, 0.2) is 0 Å². The van der Waals surface area contributed by atoms with Gasteiger partial charge >= 0.3 is 0 Å². The lowest BCUT2D eigenvalue weighted by Gasteiger charge is -2.53. The van der Waals surface area contributed by atoms with Gasteiger partial charge in [-0.25, -0.2) is 4.31 Å². The molecule has 2 amide bonds. The molecule has 4 rings (SSSR count). The zero-order chi connectivity index (χ0) is 14.6. The number of rotatable bonds is 0. The molecule has 0 N–H and O–H groups in total. The topological polar surface area (TPSA) is 37.4 Å². The maximum absolute atomic E-state index is 12.4. The van der Waals surface area contributed by atoms with Gasteiger partial charge in [0.05, 0.1) is 0 Å². The van der Waals surface area contributed by atoms with E-state index in [1.54, 1.807) is 0 Å².